The molecule has 2 nitrogen and oxygen atoms in total. The zero-order valence-corrected chi connectivity index (χ0v) is 8.20. The van der Waals surface area contributed by atoms with Gasteiger partial charge in [-0.25, -0.2) is 0 Å². The van der Waals surface area contributed by atoms with Gasteiger partial charge in [-0.15, -0.1) is 0 Å². The summed E-state index contributed by atoms with van der Waals surface area (Å²) in [5.41, 5.74) is 2.09. The van der Waals surface area contributed by atoms with Crippen molar-refractivity contribution < 1.29 is 0 Å². The fourth-order valence-corrected chi connectivity index (χ4v) is 0.584. The van der Waals surface area contributed by atoms with E-state index < -0.39 is 0 Å². The Kier molecular flexibility index (Phi) is 5.88. The maximum absolute atomic E-state index is 3.98. The lowest BCUT2D eigenvalue weighted by Gasteiger charge is -1.94. The summed E-state index contributed by atoms with van der Waals surface area (Å²) in [7, 11) is 0. The molecule has 0 spiro atoms. The van der Waals surface area contributed by atoms with E-state index in [1.54, 1.807) is 6.21 Å². The predicted octanol–water partition coefficient (Wildman–Crippen LogP) is 2.98. The molecular formula is C10H16N2. The molecule has 0 saturated carbocycles. The van der Waals surface area contributed by atoms with Crippen LogP contribution in [-0.2, 0) is 0 Å². The molecule has 0 aliphatic heterocycles. The van der Waals surface area contributed by atoms with Crippen molar-refractivity contribution in [1.29, 1.82) is 0 Å². The number of allylic oxidation sites excluding steroid dienone is 4. The first kappa shape index (κ1) is 10.8. The Balaban J connectivity index is 4.36. The van der Waals surface area contributed by atoms with Crippen molar-refractivity contribution in [3.63, 3.8) is 0 Å². The highest BCUT2D eigenvalue weighted by molar-refractivity contribution is 5.97. The number of hydrogen-bond acceptors (Lipinski definition) is 2. The largest absolute Gasteiger partial charge is 0.164 e. The SMILES string of the molecule is CC=CC=C(C)C(C)=NN=CC. The third-order valence-corrected chi connectivity index (χ3v) is 1.43. The van der Waals surface area contributed by atoms with Crippen molar-refractivity contribution in [3.8, 4) is 0 Å². The summed E-state index contributed by atoms with van der Waals surface area (Å²) >= 11 is 0. The summed E-state index contributed by atoms with van der Waals surface area (Å²) in [4.78, 5) is 0. The van der Waals surface area contributed by atoms with Gasteiger partial charge < -0.3 is 0 Å². The minimum absolute atomic E-state index is 0.950. The Hall–Kier alpha value is -1.18. The summed E-state index contributed by atoms with van der Waals surface area (Å²) in [5.74, 6) is 0. The fourth-order valence-electron chi connectivity index (χ4n) is 0.584. The third-order valence-electron chi connectivity index (χ3n) is 1.43. The minimum atomic E-state index is 0.950. The average Bonchev–Trinajstić information content (AvgIpc) is 2.10. The van der Waals surface area contributed by atoms with E-state index in [-0.39, 0.29) is 0 Å². The molecule has 0 aliphatic carbocycles. The van der Waals surface area contributed by atoms with Crippen LogP contribution < -0.4 is 0 Å². The normalized spacial score (nSPS) is 15.0. The van der Waals surface area contributed by atoms with E-state index in [0.717, 1.165) is 11.3 Å². The molecule has 0 N–H and O–H groups in total. The lowest BCUT2D eigenvalue weighted by Crippen LogP contribution is -1.91. The summed E-state index contributed by atoms with van der Waals surface area (Å²) < 4.78 is 0. The Morgan fingerprint density at radius 1 is 1.17 bits per heavy atom. The van der Waals surface area contributed by atoms with Crippen LogP contribution in [0.25, 0.3) is 0 Å². The van der Waals surface area contributed by atoms with E-state index in [4.69, 9.17) is 0 Å². The molecule has 66 valence electrons. The molecule has 0 atom stereocenters. The van der Waals surface area contributed by atoms with Gasteiger partial charge in [0, 0.05) is 6.21 Å². The van der Waals surface area contributed by atoms with Gasteiger partial charge in [-0.3, -0.25) is 0 Å². The highest BCUT2D eigenvalue weighted by atomic mass is 15.2. The zero-order chi connectivity index (χ0) is 9.40. The molecule has 0 aromatic rings. The zero-order valence-electron chi connectivity index (χ0n) is 8.20. The van der Waals surface area contributed by atoms with Crippen LogP contribution in [0.15, 0.2) is 34.0 Å². The second-order valence-corrected chi connectivity index (χ2v) is 2.43. The molecule has 0 heterocycles. The summed E-state index contributed by atoms with van der Waals surface area (Å²) in [6.45, 7) is 7.80. The van der Waals surface area contributed by atoms with Crippen LogP contribution in [-0.4, -0.2) is 11.9 Å². The van der Waals surface area contributed by atoms with E-state index in [1.807, 2.05) is 45.9 Å². The van der Waals surface area contributed by atoms with Gasteiger partial charge in [-0.1, -0.05) is 18.2 Å². The van der Waals surface area contributed by atoms with Crippen LogP contribution in [0, 0.1) is 0 Å². The van der Waals surface area contributed by atoms with Crippen LogP contribution in [0.2, 0.25) is 0 Å². The van der Waals surface area contributed by atoms with Crippen molar-refractivity contribution in [2.75, 3.05) is 0 Å². The molecule has 0 amide bonds. The van der Waals surface area contributed by atoms with Gasteiger partial charge >= 0.3 is 0 Å². The van der Waals surface area contributed by atoms with Crippen LogP contribution >= 0.6 is 0 Å². The topological polar surface area (TPSA) is 24.7 Å². The molecule has 0 bridgehead atoms. The van der Waals surface area contributed by atoms with Gasteiger partial charge in [0.15, 0.2) is 0 Å². The summed E-state index contributed by atoms with van der Waals surface area (Å²) in [6, 6.07) is 0. The summed E-state index contributed by atoms with van der Waals surface area (Å²) in [6.07, 6.45) is 7.67. The standard InChI is InChI=1S/C10H16N2/c1-5-7-8-9(3)10(4)12-11-6-2/h5-8H,1-4H3. The van der Waals surface area contributed by atoms with Crippen molar-refractivity contribution in [2.45, 2.75) is 27.7 Å². The molecule has 0 rings (SSSR count). The van der Waals surface area contributed by atoms with Gasteiger partial charge in [0.2, 0.25) is 0 Å². The molecule has 0 aromatic carbocycles. The number of hydrogen-bond donors (Lipinski definition) is 0. The molecule has 0 radical (unpaired) electrons. The Labute approximate surface area is 74.4 Å². The fraction of sp³-hybridized carbons (Fsp3) is 0.400. The van der Waals surface area contributed by atoms with Crippen LogP contribution in [0.5, 0.6) is 0 Å². The van der Waals surface area contributed by atoms with Crippen LogP contribution in [0.3, 0.4) is 0 Å². The van der Waals surface area contributed by atoms with E-state index in [1.165, 1.54) is 0 Å². The first-order valence-electron chi connectivity index (χ1n) is 4.04. The number of rotatable bonds is 3. The second-order valence-electron chi connectivity index (χ2n) is 2.43. The number of nitrogens with zero attached hydrogens (tertiary/aromatic N) is 2. The van der Waals surface area contributed by atoms with E-state index in [9.17, 15) is 0 Å². The van der Waals surface area contributed by atoms with Gasteiger partial charge in [0.25, 0.3) is 0 Å². The molecule has 2 heteroatoms. The third kappa shape index (κ3) is 4.61. The highest BCUT2D eigenvalue weighted by Gasteiger charge is 1.90. The van der Waals surface area contributed by atoms with Crippen LogP contribution in [0.4, 0.5) is 0 Å². The van der Waals surface area contributed by atoms with Crippen molar-refractivity contribution in [3.05, 3.63) is 23.8 Å². The molecule has 0 unspecified atom stereocenters. The Morgan fingerprint density at radius 2 is 1.83 bits per heavy atom. The van der Waals surface area contributed by atoms with Crippen molar-refractivity contribution >= 4 is 11.9 Å². The first-order chi connectivity index (χ1) is 5.72. The average molecular weight is 164 g/mol. The molecular weight excluding hydrogens is 148 g/mol. The predicted molar refractivity (Wildman–Crippen MR) is 55.8 cm³/mol. The first-order valence-corrected chi connectivity index (χ1v) is 4.04. The van der Waals surface area contributed by atoms with E-state index in [0.29, 0.717) is 0 Å². The molecule has 12 heavy (non-hydrogen) atoms. The van der Waals surface area contributed by atoms with Gasteiger partial charge in [0.1, 0.15) is 0 Å². The maximum Gasteiger partial charge on any atom is 0.0628 e. The maximum atomic E-state index is 3.98. The summed E-state index contributed by atoms with van der Waals surface area (Å²) in [5, 5.41) is 7.78. The van der Waals surface area contributed by atoms with Gasteiger partial charge in [-0.2, -0.15) is 10.2 Å². The lowest BCUT2D eigenvalue weighted by molar-refractivity contribution is 1.23. The van der Waals surface area contributed by atoms with Gasteiger partial charge in [-0.05, 0) is 33.3 Å². The van der Waals surface area contributed by atoms with Crippen molar-refractivity contribution in [1.82, 2.24) is 0 Å². The van der Waals surface area contributed by atoms with E-state index >= 15 is 0 Å². The Bertz CT molecular complexity index is 206. The molecule has 0 aromatic heterocycles. The molecule has 0 fully saturated rings. The molecule has 0 saturated heterocycles. The monoisotopic (exact) mass is 164 g/mol. The molecule has 0 aliphatic rings. The second kappa shape index (κ2) is 6.53. The minimum Gasteiger partial charge on any atom is -0.164 e. The Morgan fingerprint density at radius 3 is 2.33 bits per heavy atom. The smallest absolute Gasteiger partial charge is 0.0628 e. The van der Waals surface area contributed by atoms with Gasteiger partial charge in [0.05, 0.1) is 5.71 Å². The van der Waals surface area contributed by atoms with Crippen molar-refractivity contribution in [2.24, 2.45) is 10.2 Å². The quantitative estimate of drug-likeness (QED) is 0.348. The highest BCUT2D eigenvalue weighted by Crippen LogP contribution is 1.97. The van der Waals surface area contributed by atoms with E-state index in [2.05, 4.69) is 10.2 Å². The lowest BCUT2D eigenvalue weighted by atomic mass is 10.2. The van der Waals surface area contributed by atoms with Crippen LogP contribution in [0.1, 0.15) is 27.7 Å².